The maximum atomic E-state index is 13.5. The molecule has 0 spiro atoms. The molecule has 0 saturated heterocycles. The number of nitrogens with zero attached hydrogens (tertiary/aromatic N) is 2. The third kappa shape index (κ3) is 4.24. The predicted octanol–water partition coefficient (Wildman–Crippen LogP) is 4.87. The Morgan fingerprint density at radius 1 is 1.03 bits per heavy atom. The number of amides is 1. The summed E-state index contributed by atoms with van der Waals surface area (Å²) in [6.45, 7) is 2.42. The van der Waals surface area contributed by atoms with Crippen LogP contribution in [0.3, 0.4) is 0 Å². The molecule has 1 aromatic heterocycles. The Morgan fingerprint density at radius 3 is 2.53 bits per heavy atom. The van der Waals surface area contributed by atoms with E-state index in [1.807, 2.05) is 60.7 Å². The van der Waals surface area contributed by atoms with Crippen molar-refractivity contribution in [2.24, 2.45) is 0 Å². The Hall–Kier alpha value is -3.77. The highest BCUT2D eigenvalue weighted by Crippen LogP contribution is 2.37. The van der Waals surface area contributed by atoms with Gasteiger partial charge in [-0.25, -0.2) is 9.36 Å². The van der Waals surface area contributed by atoms with E-state index in [4.69, 9.17) is 16.3 Å². The molecule has 5 rings (SSSR count). The Balaban J connectivity index is 1.52. The van der Waals surface area contributed by atoms with E-state index in [1.54, 1.807) is 16.8 Å². The molecule has 0 aliphatic carbocycles. The van der Waals surface area contributed by atoms with Gasteiger partial charge in [0.15, 0.2) is 0 Å². The number of nitrogens with one attached hydrogen (secondary N) is 1. The van der Waals surface area contributed by atoms with Gasteiger partial charge in [-0.2, -0.15) is 0 Å². The van der Waals surface area contributed by atoms with Crippen molar-refractivity contribution >= 4 is 17.5 Å². The number of fused-ring (bicyclic) bond motifs is 2. The lowest BCUT2D eigenvalue weighted by atomic mass is 10.0. The van der Waals surface area contributed by atoms with Gasteiger partial charge in [0.1, 0.15) is 12.3 Å². The van der Waals surface area contributed by atoms with Gasteiger partial charge in [-0.1, -0.05) is 61.0 Å². The van der Waals surface area contributed by atoms with Gasteiger partial charge >= 0.3 is 0 Å². The second-order valence-corrected chi connectivity index (χ2v) is 8.71. The van der Waals surface area contributed by atoms with Crippen LogP contribution in [0.15, 0.2) is 77.6 Å². The Morgan fingerprint density at radius 2 is 1.79 bits per heavy atom. The number of ether oxygens (including phenoxy) is 1. The molecule has 34 heavy (non-hydrogen) atoms. The van der Waals surface area contributed by atoms with Crippen LogP contribution in [0.2, 0.25) is 5.02 Å². The van der Waals surface area contributed by atoms with Gasteiger partial charge in [0.05, 0.1) is 11.3 Å². The summed E-state index contributed by atoms with van der Waals surface area (Å²) in [6, 6.07) is 22.8. The zero-order valence-corrected chi connectivity index (χ0v) is 19.5. The molecule has 2 heterocycles. The number of aromatic nitrogens is 2. The van der Waals surface area contributed by atoms with Gasteiger partial charge in [0.2, 0.25) is 11.8 Å². The molecule has 1 aliphatic rings. The zero-order valence-electron chi connectivity index (χ0n) is 18.8. The lowest BCUT2D eigenvalue weighted by molar-refractivity contribution is -0.122. The number of aryl methyl sites for hydroxylation is 1. The average molecular weight is 474 g/mol. The summed E-state index contributed by atoms with van der Waals surface area (Å²) in [5.74, 6) is 0.800. The second-order valence-electron chi connectivity index (χ2n) is 8.27. The molecular weight excluding hydrogens is 450 g/mol. The SMILES string of the molecule is CCc1ccc(-n2c(=O)c3c(n2CC(=O)NCc2ccccc2)Oc2ccc(Cl)cc2C3)cc1. The van der Waals surface area contributed by atoms with Crippen LogP contribution in [0.4, 0.5) is 0 Å². The molecule has 0 saturated carbocycles. The van der Waals surface area contributed by atoms with Gasteiger partial charge in [-0.05, 0) is 47.9 Å². The molecule has 172 valence electrons. The van der Waals surface area contributed by atoms with E-state index >= 15 is 0 Å². The molecule has 0 radical (unpaired) electrons. The molecule has 1 amide bonds. The monoisotopic (exact) mass is 473 g/mol. The predicted molar refractivity (Wildman–Crippen MR) is 132 cm³/mol. The van der Waals surface area contributed by atoms with E-state index in [1.165, 1.54) is 10.2 Å². The van der Waals surface area contributed by atoms with E-state index in [0.717, 1.165) is 17.5 Å². The van der Waals surface area contributed by atoms with Gasteiger partial charge < -0.3 is 10.1 Å². The third-order valence-electron chi connectivity index (χ3n) is 6.00. The molecule has 3 aromatic carbocycles. The molecule has 1 N–H and O–H groups in total. The van der Waals surface area contributed by atoms with E-state index < -0.39 is 0 Å². The molecule has 7 heteroatoms. The van der Waals surface area contributed by atoms with Crippen LogP contribution in [0, 0.1) is 0 Å². The standard InChI is InChI=1S/C27H24ClN3O3/c1-2-18-8-11-22(12-9-18)31-26(33)23-15-20-14-21(28)10-13-24(20)34-27(23)30(31)17-25(32)29-16-19-6-4-3-5-7-19/h3-14H,2,15-17H2,1H3,(H,29,32). The summed E-state index contributed by atoms with van der Waals surface area (Å²) in [5, 5.41) is 3.52. The van der Waals surface area contributed by atoms with Crippen molar-refractivity contribution in [2.45, 2.75) is 32.9 Å². The van der Waals surface area contributed by atoms with Crippen LogP contribution in [-0.2, 0) is 30.7 Å². The van der Waals surface area contributed by atoms with Gasteiger partial charge in [0.25, 0.3) is 5.56 Å². The molecule has 0 atom stereocenters. The van der Waals surface area contributed by atoms with Gasteiger partial charge in [0, 0.05) is 23.6 Å². The van der Waals surface area contributed by atoms with Gasteiger partial charge in [-0.3, -0.25) is 9.59 Å². The molecule has 6 nitrogen and oxygen atoms in total. The lowest BCUT2D eigenvalue weighted by Crippen LogP contribution is -2.31. The quantitative estimate of drug-likeness (QED) is 0.382. The minimum Gasteiger partial charge on any atom is -0.439 e. The second kappa shape index (κ2) is 9.23. The number of rotatable bonds is 6. The number of carbonyl (C=O) groups is 1. The van der Waals surface area contributed by atoms with Crippen LogP contribution in [0.25, 0.3) is 5.69 Å². The summed E-state index contributed by atoms with van der Waals surface area (Å²) >= 11 is 6.16. The van der Waals surface area contributed by atoms with Crippen LogP contribution >= 0.6 is 11.6 Å². The highest BCUT2D eigenvalue weighted by atomic mass is 35.5. The van der Waals surface area contributed by atoms with Crippen LogP contribution in [0.5, 0.6) is 11.6 Å². The van der Waals surface area contributed by atoms with E-state index in [-0.39, 0.29) is 18.0 Å². The summed E-state index contributed by atoms with van der Waals surface area (Å²) in [7, 11) is 0. The van der Waals surface area contributed by atoms with Gasteiger partial charge in [-0.15, -0.1) is 0 Å². The first-order chi connectivity index (χ1) is 16.5. The topological polar surface area (TPSA) is 65.3 Å². The molecule has 0 fully saturated rings. The highest BCUT2D eigenvalue weighted by molar-refractivity contribution is 6.30. The Bertz CT molecular complexity index is 1410. The summed E-state index contributed by atoms with van der Waals surface area (Å²) < 4.78 is 9.31. The maximum Gasteiger partial charge on any atom is 0.278 e. The maximum absolute atomic E-state index is 13.5. The molecule has 4 aromatic rings. The Labute approximate surface area is 202 Å². The van der Waals surface area contributed by atoms with E-state index in [2.05, 4.69) is 12.2 Å². The first-order valence-electron chi connectivity index (χ1n) is 11.2. The van der Waals surface area contributed by atoms with Crippen molar-refractivity contribution in [1.29, 1.82) is 0 Å². The summed E-state index contributed by atoms with van der Waals surface area (Å²) in [5.41, 5.74) is 3.99. The van der Waals surface area contributed by atoms with Crippen molar-refractivity contribution in [3.63, 3.8) is 0 Å². The van der Waals surface area contributed by atoms with E-state index in [9.17, 15) is 9.59 Å². The van der Waals surface area contributed by atoms with Crippen molar-refractivity contribution in [1.82, 2.24) is 14.7 Å². The van der Waals surface area contributed by atoms with Crippen molar-refractivity contribution in [2.75, 3.05) is 0 Å². The largest absolute Gasteiger partial charge is 0.439 e. The van der Waals surface area contributed by atoms with E-state index in [0.29, 0.717) is 40.9 Å². The first-order valence-corrected chi connectivity index (χ1v) is 11.6. The van der Waals surface area contributed by atoms with Crippen molar-refractivity contribution in [3.05, 3.63) is 110 Å². The average Bonchev–Trinajstić information content (AvgIpc) is 3.12. The number of benzene rings is 3. The fraction of sp³-hybridized carbons (Fsp3) is 0.185. The first kappa shape index (κ1) is 22.0. The zero-order chi connectivity index (χ0) is 23.7. The van der Waals surface area contributed by atoms with Crippen molar-refractivity contribution < 1.29 is 9.53 Å². The Kier molecular flexibility index (Phi) is 5.99. The van der Waals surface area contributed by atoms with Crippen LogP contribution in [0.1, 0.15) is 29.2 Å². The third-order valence-corrected chi connectivity index (χ3v) is 6.23. The number of hydrogen-bond donors (Lipinski definition) is 1. The number of hydrogen-bond acceptors (Lipinski definition) is 3. The summed E-state index contributed by atoms with van der Waals surface area (Å²) in [4.78, 5) is 26.5. The number of halogens is 1. The normalized spacial score (nSPS) is 11.9. The molecule has 1 aliphatic heterocycles. The highest BCUT2D eigenvalue weighted by Gasteiger charge is 2.29. The minimum absolute atomic E-state index is 0.0597. The number of carbonyl (C=O) groups excluding carboxylic acids is 1. The molecule has 0 bridgehead atoms. The lowest BCUT2D eigenvalue weighted by Gasteiger charge is -2.20. The summed E-state index contributed by atoms with van der Waals surface area (Å²) in [6.07, 6.45) is 1.28. The fourth-order valence-corrected chi connectivity index (χ4v) is 4.38. The molecular formula is C27H24ClN3O3. The van der Waals surface area contributed by atoms with Crippen molar-refractivity contribution in [3.8, 4) is 17.3 Å². The smallest absolute Gasteiger partial charge is 0.278 e. The fourth-order valence-electron chi connectivity index (χ4n) is 4.18. The molecule has 0 unspecified atom stereocenters. The van der Waals surface area contributed by atoms with Crippen LogP contribution < -0.4 is 15.6 Å². The van der Waals surface area contributed by atoms with Crippen LogP contribution in [-0.4, -0.2) is 15.3 Å². The minimum atomic E-state index is -0.217.